The van der Waals surface area contributed by atoms with Crippen molar-refractivity contribution in [2.45, 2.75) is 31.7 Å². The summed E-state index contributed by atoms with van der Waals surface area (Å²) >= 11 is 0. The Morgan fingerprint density at radius 1 is 1.55 bits per heavy atom. The van der Waals surface area contributed by atoms with E-state index >= 15 is 0 Å². The zero-order valence-corrected chi connectivity index (χ0v) is 6.19. The maximum absolute atomic E-state index is 9.97. The van der Waals surface area contributed by atoms with Gasteiger partial charge in [-0.15, -0.1) is 0 Å². The van der Waals surface area contributed by atoms with Crippen molar-refractivity contribution >= 4 is 5.97 Å². The second-order valence-corrected chi connectivity index (χ2v) is 2.67. The minimum Gasteiger partial charge on any atom is -0.481 e. The molecule has 0 aliphatic carbocycles. The van der Waals surface area contributed by atoms with Crippen molar-refractivity contribution in [3.05, 3.63) is 0 Å². The molecule has 5 nitrogen and oxygen atoms in total. The Balaban J connectivity index is 3.69. The molecule has 0 heterocycles. The zero-order valence-electron chi connectivity index (χ0n) is 6.19. The van der Waals surface area contributed by atoms with E-state index < -0.39 is 24.3 Å². The zero-order chi connectivity index (χ0) is 9.07. The lowest BCUT2D eigenvalue weighted by atomic mass is 10.1. The average molecular weight is 164 g/mol. The molecule has 0 unspecified atom stereocenters. The number of carboxylic acid groups (broad SMARTS) is 1. The molecule has 0 amide bonds. The third kappa shape index (κ3) is 7.24. The Morgan fingerprint density at radius 2 is 2.00 bits per heavy atom. The monoisotopic (exact) mass is 164 g/mol. The van der Waals surface area contributed by atoms with Crippen LogP contribution in [0, 0.1) is 0 Å². The van der Waals surface area contributed by atoms with Crippen LogP contribution in [-0.2, 0) is 4.79 Å². The first-order valence-corrected chi connectivity index (χ1v) is 3.16. The maximum Gasteiger partial charge on any atom is 0.305 e. The minimum absolute atomic E-state index is 0.362. The summed E-state index contributed by atoms with van der Waals surface area (Å²) in [5, 5.41) is 34.4. The van der Waals surface area contributed by atoms with Gasteiger partial charge < -0.3 is 20.4 Å². The van der Waals surface area contributed by atoms with Gasteiger partial charge in [0.25, 0.3) is 0 Å². The number of aliphatic carboxylic acids is 1. The SMILES string of the molecule is CC(O)(O)C[C@@H](O)CC(=O)O. The van der Waals surface area contributed by atoms with Gasteiger partial charge in [-0.3, -0.25) is 4.79 Å². The van der Waals surface area contributed by atoms with Crippen LogP contribution in [0.4, 0.5) is 0 Å². The normalized spacial score (nSPS) is 14.5. The van der Waals surface area contributed by atoms with Gasteiger partial charge in [-0.2, -0.15) is 0 Å². The lowest BCUT2D eigenvalue weighted by molar-refractivity contribution is -0.168. The van der Waals surface area contributed by atoms with E-state index in [0.717, 1.165) is 6.92 Å². The lowest BCUT2D eigenvalue weighted by Gasteiger charge is -2.18. The molecule has 0 fully saturated rings. The van der Waals surface area contributed by atoms with Crippen LogP contribution in [0.1, 0.15) is 19.8 Å². The molecule has 11 heavy (non-hydrogen) atoms. The number of carboxylic acids is 1. The molecule has 0 bridgehead atoms. The summed E-state index contributed by atoms with van der Waals surface area (Å²) in [7, 11) is 0. The molecule has 66 valence electrons. The second-order valence-electron chi connectivity index (χ2n) is 2.67. The van der Waals surface area contributed by atoms with Gasteiger partial charge in [0.05, 0.1) is 12.5 Å². The molecule has 0 aromatic carbocycles. The van der Waals surface area contributed by atoms with Crippen molar-refractivity contribution < 1.29 is 25.2 Å². The van der Waals surface area contributed by atoms with Gasteiger partial charge >= 0.3 is 5.97 Å². The number of carbonyl (C=O) groups is 1. The van der Waals surface area contributed by atoms with Gasteiger partial charge in [-0.1, -0.05) is 0 Å². The number of hydrogen-bond donors (Lipinski definition) is 4. The molecule has 0 aromatic heterocycles. The fourth-order valence-electron chi connectivity index (χ4n) is 0.720. The Kier molecular flexibility index (Phi) is 3.44. The highest BCUT2D eigenvalue weighted by Gasteiger charge is 2.22. The first-order valence-electron chi connectivity index (χ1n) is 3.16. The van der Waals surface area contributed by atoms with Gasteiger partial charge in [-0.25, -0.2) is 0 Å². The van der Waals surface area contributed by atoms with Gasteiger partial charge in [-0.05, 0) is 6.92 Å². The van der Waals surface area contributed by atoms with Crippen LogP contribution in [0.15, 0.2) is 0 Å². The summed E-state index contributed by atoms with van der Waals surface area (Å²) in [5.74, 6) is -3.17. The summed E-state index contributed by atoms with van der Waals surface area (Å²) in [6.45, 7) is 1.08. The van der Waals surface area contributed by atoms with Crippen LogP contribution in [0.25, 0.3) is 0 Å². The lowest BCUT2D eigenvalue weighted by Crippen LogP contribution is -2.30. The van der Waals surface area contributed by atoms with E-state index in [4.69, 9.17) is 20.4 Å². The predicted molar refractivity (Wildman–Crippen MR) is 35.7 cm³/mol. The van der Waals surface area contributed by atoms with Crippen molar-refractivity contribution in [1.29, 1.82) is 0 Å². The molecule has 4 N–H and O–H groups in total. The van der Waals surface area contributed by atoms with Crippen LogP contribution >= 0.6 is 0 Å². The Labute approximate surface area is 63.9 Å². The largest absolute Gasteiger partial charge is 0.481 e. The molecule has 1 atom stereocenters. The standard InChI is InChI=1S/C6H12O5/c1-6(10,11)3-4(7)2-5(8)9/h4,7,10-11H,2-3H2,1H3,(H,8,9)/t4-/m0/s1. The van der Waals surface area contributed by atoms with Crippen molar-refractivity contribution in [2.24, 2.45) is 0 Å². The van der Waals surface area contributed by atoms with E-state index in [9.17, 15) is 4.79 Å². The highest BCUT2D eigenvalue weighted by atomic mass is 16.5. The van der Waals surface area contributed by atoms with Gasteiger partial charge in [0.1, 0.15) is 0 Å². The van der Waals surface area contributed by atoms with E-state index in [0.29, 0.717) is 0 Å². The van der Waals surface area contributed by atoms with E-state index in [1.807, 2.05) is 0 Å². The van der Waals surface area contributed by atoms with Crippen LogP contribution in [0.5, 0.6) is 0 Å². The van der Waals surface area contributed by atoms with Crippen LogP contribution in [0.2, 0.25) is 0 Å². The first kappa shape index (κ1) is 10.3. The van der Waals surface area contributed by atoms with Crippen molar-refractivity contribution in [3.8, 4) is 0 Å². The fourth-order valence-corrected chi connectivity index (χ4v) is 0.720. The maximum atomic E-state index is 9.97. The Morgan fingerprint density at radius 3 is 2.27 bits per heavy atom. The molecule has 0 aromatic rings. The van der Waals surface area contributed by atoms with Gasteiger partial charge in [0.2, 0.25) is 0 Å². The molecular weight excluding hydrogens is 152 g/mol. The van der Waals surface area contributed by atoms with Gasteiger partial charge in [0.15, 0.2) is 5.79 Å². The number of aliphatic hydroxyl groups excluding tert-OH is 1. The first-order chi connectivity index (χ1) is 4.81. The van der Waals surface area contributed by atoms with Crippen molar-refractivity contribution in [2.75, 3.05) is 0 Å². The molecule has 0 aliphatic rings. The number of rotatable bonds is 4. The summed E-state index contributed by atoms with van der Waals surface area (Å²) in [6, 6.07) is 0. The number of aliphatic hydroxyl groups is 3. The summed E-state index contributed by atoms with van der Waals surface area (Å²) in [6.07, 6.45) is -2.05. The van der Waals surface area contributed by atoms with Gasteiger partial charge in [0, 0.05) is 6.42 Å². The highest BCUT2D eigenvalue weighted by Crippen LogP contribution is 2.09. The Hall–Kier alpha value is -0.650. The van der Waals surface area contributed by atoms with E-state index in [2.05, 4.69) is 0 Å². The quantitative estimate of drug-likeness (QED) is 0.396. The summed E-state index contributed by atoms with van der Waals surface area (Å²) in [5.41, 5.74) is 0. The summed E-state index contributed by atoms with van der Waals surface area (Å²) < 4.78 is 0. The van der Waals surface area contributed by atoms with Crippen LogP contribution in [-0.4, -0.2) is 38.3 Å². The van der Waals surface area contributed by atoms with Crippen molar-refractivity contribution in [1.82, 2.24) is 0 Å². The van der Waals surface area contributed by atoms with E-state index in [1.54, 1.807) is 0 Å². The Bertz CT molecular complexity index is 136. The fraction of sp³-hybridized carbons (Fsp3) is 0.833. The molecular formula is C6H12O5. The topological polar surface area (TPSA) is 98.0 Å². The highest BCUT2D eigenvalue weighted by molar-refractivity contribution is 5.67. The van der Waals surface area contributed by atoms with Crippen LogP contribution < -0.4 is 0 Å². The summed E-state index contributed by atoms with van der Waals surface area (Å²) in [4.78, 5) is 9.97. The van der Waals surface area contributed by atoms with E-state index in [-0.39, 0.29) is 6.42 Å². The molecule has 0 rings (SSSR count). The molecule has 0 saturated carbocycles. The van der Waals surface area contributed by atoms with Crippen LogP contribution in [0.3, 0.4) is 0 Å². The predicted octanol–water partition coefficient (Wildman–Crippen LogP) is -1.09. The van der Waals surface area contributed by atoms with E-state index in [1.165, 1.54) is 0 Å². The minimum atomic E-state index is -2.01. The molecule has 0 radical (unpaired) electrons. The molecule has 0 saturated heterocycles. The average Bonchev–Trinajstić information content (AvgIpc) is 1.53. The molecule has 0 spiro atoms. The smallest absolute Gasteiger partial charge is 0.305 e. The number of hydrogen-bond acceptors (Lipinski definition) is 4. The third-order valence-corrected chi connectivity index (χ3v) is 1.03. The molecule has 0 aliphatic heterocycles. The molecule has 5 heteroatoms. The third-order valence-electron chi connectivity index (χ3n) is 1.03. The second kappa shape index (κ2) is 3.66. The van der Waals surface area contributed by atoms with Crippen molar-refractivity contribution in [3.63, 3.8) is 0 Å².